The van der Waals surface area contributed by atoms with Gasteiger partial charge >= 0.3 is 5.97 Å². The molecule has 3 rings (SSSR count). The van der Waals surface area contributed by atoms with E-state index in [4.69, 9.17) is 27.9 Å². The van der Waals surface area contributed by atoms with Crippen molar-refractivity contribution < 1.29 is 14.3 Å². The van der Waals surface area contributed by atoms with E-state index in [1.54, 1.807) is 6.92 Å². The monoisotopic (exact) mass is 430 g/mol. The minimum Gasteiger partial charge on any atom is -0.465 e. The van der Waals surface area contributed by atoms with Crippen LogP contribution in [0.3, 0.4) is 0 Å². The van der Waals surface area contributed by atoms with Crippen molar-refractivity contribution in [1.29, 1.82) is 0 Å². The third-order valence-corrected chi connectivity index (χ3v) is 6.48. The molecule has 0 aromatic carbocycles. The minimum atomic E-state index is -0.379. The maximum Gasteiger partial charge on any atom is 0.349 e. The Morgan fingerprint density at radius 1 is 1.33 bits per heavy atom. The van der Waals surface area contributed by atoms with Gasteiger partial charge < -0.3 is 19.9 Å². The molecule has 0 saturated carbocycles. The molecule has 3 heterocycles. The highest BCUT2D eigenvalue weighted by Crippen LogP contribution is 2.29. The standard InChI is InChI=1S/C17H20Cl2N4O3S/c1-9-12(18)13(19)14(21-9)15(24)22-10-4-3-6-23(7-5-10)17-20-8-11(27-17)16(25)26-2/h8,10,21H,3-7H2,1-2H3,(H,22,24). The number of nitrogens with one attached hydrogen (secondary N) is 2. The lowest BCUT2D eigenvalue weighted by Gasteiger charge is -2.19. The number of carbonyl (C=O) groups is 2. The van der Waals surface area contributed by atoms with Gasteiger partial charge in [-0.05, 0) is 26.2 Å². The van der Waals surface area contributed by atoms with Crippen LogP contribution < -0.4 is 10.2 Å². The lowest BCUT2D eigenvalue weighted by atomic mass is 10.1. The van der Waals surface area contributed by atoms with Crippen LogP contribution in [0.2, 0.25) is 10.0 Å². The summed E-state index contributed by atoms with van der Waals surface area (Å²) in [6.45, 7) is 3.32. The van der Waals surface area contributed by atoms with Gasteiger partial charge in [0.25, 0.3) is 5.91 Å². The van der Waals surface area contributed by atoms with Crippen molar-refractivity contribution >= 4 is 51.5 Å². The number of nitrogens with zero attached hydrogens (tertiary/aromatic N) is 2. The van der Waals surface area contributed by atoms with Gasteiger partial charge in [0.1, 0.15) is 10.6 Å². The highest BCUT2D eigenvalue weighted by molar-refractivity contribution is 7.17. The van der Waals surface area contributed by atoms with Crippen molar-refractivity contribution in [3.05, 3.63) is 32.5 Å². The molecule has 1 unspecified atom stereocenters. The largest absolute Gasteiger partial charge is 0.465 e. The molecule has 1 fully saturated rings. The Balaban J connectivity index is 1.61. The fourth-order valence-corrected chi connectivity index (χ4v) is 4.33. The molecule has 0 aliphatic carbocycles. The number of rotatable bonds is 4. The van der Waals surface area contributed by atoms with Crippen molar-refractivity contribution in [2.24, 2.45) is 0 Å². The third kappa shape index (κ3) is 4.39. The highest BCUT2D eigenvalue weighted by atomic mass is 35.5. The molecule has 0 radical (unpaired) electrons. The number of ether oxygens (including phenoxy) is 1. The second-order valence-corrected chi connectivity index (χ2v) is 8.10. The molecule has 10 heteroatoms. The number of halogens is 2. The van der Waals surface area contributed by atoms with Crippen LogP contribution in [0.15, 0.2) is 6.20 Å². The van der Waals surface area contributed by atoms with Crippen molar-refractivity contribution in [3.8, 4) is 0 Å². The lowest BCUT2D eigenvalue weighted by molar-refractivity contribution is 0.0606. The van der Waals surface area contributed by atoms with E-state index in [9.17, 15) is 9.59 Å². The zero-order valence-electron chi connectivity index (χ0n) is 15.0. The summed E-state index contributed by atoms with van der Waals surface area (Å²) in [6.07, 6.45) is 4.05. The number of methoxy groups -OCH3 is 1. The molecular formula is C17H20Cl2N4O3S. The summed E-state index contributed by atoms with van der Waals surface area (Å²) in [5, 5.41) is 4.44. The van der Waals surface area contributed by atoms with Crippen LogP contribution in [0.25, 0.3) is 0 Å². The first-order chi connectivity index (χ1) is 12.9. The Kier molecular flexibility index (Phi) is 6.29. The summed E-state index contributed by atoms with van der Waals surface area (Å²) in [5.74, 6) is -0.633. The second kappa shape index (κ2) is 8.50. The van der Waals surface area contributed by atoms with Crippen LogP contribution in [0, 0.1) is 6.92 Å². The summed E-state index contributed by atoms with van der Waals surface area (Å²) < 4.78 is 4.73. The fraction of sp³-hybridized carbons (Fsp3) is 0.471. The van der Waals surface area contributed by atoms with Gasteiger partial charge in [-0.15, -0.1) is 0 Å². The zero-order chi connectivity index (χ0) is 19.6. The number of amides is 1. The minimum absolute atomic E-state index is 0.0287. The summed E-state index contributed by atoms with van der Waals surface area (Å²) >= 11 is 13.5. The molecule has 146 valence electrons. The number of thiazole rings is 1. The van der Waals surface area contributed by atoms with Gasteiger partial charge in [0.2, 0.25) is 0 Å². The Bertz CT molecular complexity index is 851. The molecule has 27 heavy (non-hydrogen) atoms. The van der Waals surface area contributed by atoms with E-state index in [1.807, 2.05) is 0 Å². The SMILES string of the molecule is COC(=O)c1cnc(N2CCCC(NC(=O)c3[nH]c(C)c(Cl)c3Cl)CC2)s1. The van der Waals surface area contributed by atoms with Crippen molar-refractivity contribution in [2.75, 3.05) is 25.1 Å². The Hall–Kier alpha value is -1.77. The summed E-state index contributed by atoms with van der Waals surface area (Å²) in [4.78, 5) is 34.0. The molecular weight excluding hydrogens is 411 g/mol. The van der Waals surface area contributed by atoms with Gasteiger partial charge in [-0.3, -0.25) is 4.79 Å². The quantitative estimate of drug-likeness (QED) is 0.722. The molecule has 0 spiro atoms. The van der Waals surface area contributed by atoms with E-state index in [0.29, 0.717) is 21.3 Å². The van der Waals surface area contributed by atoms with Gasteiger partial charge in [-0.25, -0.2) is 9.78 Å². The first-order valence-electron chi connectivity index (χ1n) is 8.54. The second-order valence-electron chi connectivity index (χ2n) is 6.34. The van der Waals surface area contributed by atoms with E-state index in [0.717, 1.165) is 37.5 Å². The average Bonchev–Trinajstić information content (AvgIpc) is 3.16. The van der Waals surface area contributed by atoms with Gasteiger partial charge in [-0.1, -0.05) is 34.5 Å². The predicted molar refractivity (Wildman–Crippen MR) is 106 cm³/mol. The number of aromatic amines is 1. The van der Waals surface area contributed by atoms with E-state index < -0.39 is 0 Å². The fourth-order valence-electron chi connectivity index (χ4n) is 3.02. The van der Waals surface area contributed by atoms with Crippen LogP contribution in [0.5, 0.6) is 0 Å². The van der Waals surface area contributed by atoms with Gasteiger partial charge in [0, 0.05) is 24.8 Å². The summed E-state index contributed by atoms with van der Waals surface area (Å²) in [5.41, 5.74) is 0.965. The molecule has 1 amide bonds. The number of esters is 1. The number of anilines is 1. The number of hydrogen-bond acceptors (Lipinski definition) is 6. The van der Waals surface area contributed by atoms with Crippen LogP contribution in [0.1, 0.15) is 45.1 Å². The topological polar surface area (TPSA) is 87.3 Å². The number of hydrogen-bond donors (Lipinski definition) is 2. The third-order valence-electron chi connectivity index (χ3n) is 4.49. The van der Waals surface area contributed by atoms with Crippen LogP contribution in [-0.2, 0) is 4.74 Å². The van der Waals surface area contributed by atoms with E-state index in [-0.39, 0.29) is 22.9 Å². The van der Waals surface area contributed by atoms with Gasteiger partial charge in [0.15, 0.2) is 5.13 Å². The Morgan fingerprint density at radius 3 is 2.78 bits per heavy atom. The summed E-state index contributed by atoms with van der Waals surface area (Å²) in [7, 11) is 1.35. The first kappa shape index (κ1) is 20.0. The van der Waals surface area contributed by atoms with Crippen molar-refractivity contribution in [1.82, 2.24) is 15.3 Å². The predicted octanol–water partition coefficient (Wildman–Crippen LogP) is 3.66. The normalized spacial score (nSPS) is 17.5. The molecule has 1 aliphatic rings. The molecule has 1 saturated heterocycles. The first-order valence-corrected chi connectivity index (χ1v) is 10.1. The molecule has 0 bridgehead atoms. The Morgan fingerprint density at radius 2 is 2.11 bits per heavy atom. The highest BCUT2D eigenvalue weighted by Gasteiger charge is 2.24. The molecule has 2 aromatic heterocycles. The van der Waals surface area contributed by atoms with Crippen LogP contribution in [-0.4, -0.2) is 48.1 Å². The van der Waals surface area contributed by atoms with Crippen LogP contribution in [0.4, 0.5) is 5.13 Å². The maximum absolute atomic E-state index is 12.5. The average molecular weight is 431 g/mol. The van der Waals surface area contributed by atoms with Gasteiger partial charge in [-0.2, -0.15) is 0 Å². The number of aryl methyl sites for hydroxylation is 1. The van der Waals surface area contributed by atoms with Crippen molar-refractivity contribution in [2.45, 2.75) is 32.2 Å². The molecule has 1 aliphatic heterocycles. The molecule has 7 nitrogen and oxygen atoms in total. The Labute approximate surface area is 171 Å². The van der Waals surface area contributed by atoms with Crippen LogP contribution >= 0.6 is 34.5 Å². The molecule has 1 atom stereocenters. The smallest absolute Gasteiger partial charge is 0.349 e. The number of aromatic nitrogens is 2. The lowest BCUT2D eigenvalue weighted by Crippen LogP contribution is -2.36. The van der Waals surface area contributed by atoms with Gasteiger partial charge in [0.05, 0.1) is 23.4 Å². The van der Waals surface area contributed by atoms with E-state index in [2.05, 4.69) is 20.2 Å². The summed E-state index contributed by atoms with van der Waals surface area (Å²) in [6, 6.07) is 0.0287. The zero-order valence-corrected chi connectivity index (χ0v) is 17.3. The van der Waals surface area contributed by atoms with Crippen molar-refractivity contribution in [3.63, 3.8) is 0 Å². The maximum atomic E-state index is 12.5. The number of carbonyl (C=O) groups excluding carboxylic acids is 2. The van der Waals surface area contributed by atoms with E-state index >= 15 is 0 Å². The number of H-pyrrole nitrogens is 1. The van der Waals surface area contributed by atoms with E-state index in [1.165, 1.54) is 24.6 Å². The molecule has 2 N–H and O–H groups in total. The molecule has 2 aromatic rings.